The van der Waals surface area contributed by atoms with Gasteiger partial charge in [-0.05, 0) is 12.1 Å². The molecule has 0 heterocycles. The Kier molecular flexibility index (Phi) is 3.48. The highest BCUT2D eigenvalue weighted by molar-refractivity contribution is 7.87. The lowest BCUT2D eigenvalue weighted by Crippen LogP contribution is -2.05. The molecule has 0 bridgehead atoms. The van der Waals surface area contributed by atoms with E-state index in [0.29, 0.717) is 5.56 Å². The van der Waals surface area contributed by atoms with E-state index < -0.39 is 10.1 Å². The van der Waals surface area contributed by atoms with Gasteiger partial charge in [0.25, 0.3) is 0 Å². The third kappa shape index (κ3) is 2.78. The molecule has 0 fully saturated rings. The first-order chi connectivity index (χ1) is 8.59. The summed E-state index contributed by atoms with van der Waals surface area (Å²) in [6.07, 6.45) is 0. The van der Waals surface area contributed by atoms with E-state index in [0.717, 1.165) is 0 Å². The Hall–Kier alpha value is -2.07. The molecule has 18 heavy (non-hydrogen) atoms. The summed E-state index contributed by atoms with van der Waals surface area (Å²) in [6.45, 7) is 3.63. The maximum Gasteiger partial charge on any atom is 0.339 e. The van der Waals surface area contributed by atoms with Crippen molar-refractivity contribution in [1.29, 1.82) is 0 Å². The Bertz CT molecular complexity index is 631. The van der Waals surface area contributed by atoms with Crippen LogP contribution >= 0.6 is 0 Å². The molecule has 0 aromatic heterocycles. The fourth-order valence-electron chi connectivity index (χ4n) is 1.44. The van der Waals surface area contributed by atoms with Crippen LogP contribution in [-0.2, 0) is 14.3 Å². The predicted molar refractivity (Wildman–Crippen MR) is 70.2 cm³/mol. The quantitative estimate of drug-likeness (QED) is 0.627. The number of rotatable bonds is 4. The number of benzene rings is 2. The molecule has 0 aliphatic heterocycles. The zero-order valence-electron chi connectivity index (χ0n) is 9.61. The van der Waals surface area contributed by atoms with E-state index in [4.69, 9.17) is 4.18 Å². The van der Waals surface area contributed by atoms with Crippen molar-refractivity contribution in [3.8, 4) is 0 Å². The van der Waals surface area contributed by atoms with Gasteiger partial charge < -0.3 is 4.18 Å². The summed E-state index contributed by atoms with van der Waals surface area (Å²) in [4.78, 5) is 0.113. The maximum atomic E-state index is 11.9. The summed E-state index contributed by atoms with van der Waals surface area (Å²) >= 11 is 0. The Morgan fingerprint density at radius 1 is 0.889 bits per heavy atom. The van der Waals surface area contributed by atoms with Crippen LogP contribution in [0.1, 0.15) is 5.56 Å². The van der Waals surface area contributed by atoms with E-state index in [-0.39, 0.29) is 10.7 Å². The molecule has 2 aromatic carbocycles. The zero-order valence-corrected chi connectivity index (χ0v) is 10.4. The van der Waals surface area contributed by atoms with Crippen molar-refractivity contribution in [2.24, 2.45) is 0 Å². The fourth-order valence-corrected chi connectivity index (χ4v) is 2.39. The smallest absolute Gasteiger partial charge is 0.339 e. The van der Waals surface area contributed by atoms with Gasteiger partial charge in [0.05, 0.1) is 0 Å². The van der Waals surface area contributed by atoms with Crippen LogP contribution in [0.3, 0.4) is 0 Å². The average molecular weight is 260 g/mol. The van der Waals surface area contributed by atoms with Gasteiger partial charge in [0.1, 0.15) is 10.7 Å². The molecule has 0 N–H and O–H groups in total. The Balaban J connectivity index is 2.23. The summed E-state index contributed by atoms with van der Waals surface area (Å²) in [5.41, 5.74) is 0.636. The molecule has 2 aromatic rings. The van der Waals surface area contributed by atoms with Gasteiger partial charge in [-0.25, -0.2) is 0 Å². The van der Waals surface area contributed by atoms with Gasteiger partial charge >= 0.3 is 10.1 Å². The molecule has 0 unspecified atom stereocenters. The molecule has 0 spiro atoms. The summed E-state index contributed by atoms with van der Waals surface area (Å²) in [5.74, 6) is 0.111. The third-order valence-electron chi connectivity index (χ3n) is 2.34. The molecule has 0 radical (unpaired) electrons. The van der Waals surface area contributed by atoms with Gasteiger partial charge in [-0.15, -0.1) is 0 Å². The second-order valence-electron chi connectivity index (χ2n) is 3.64. The minimum Gasteiger partial charge on any atom is -0.379 e. The first-order valence-corrected chi connectivity index (χ1v) is 6.74. The van der Waals surface area contributed by atoms with Gasteiger partial charge in [-0.3, -0.25) is 0 Å². The lowest BCUT2D eigenvalue weighted by Gasteiger charge is -2.09. The van der Waals surface area contributed by atoms with Crippen LogP contribution in [0.25, 0.3) is 5.76 Å². The number of hydrogen-bond acceptors (Lipinski definition) is 3. The standard InChI is InChI=1S/C14H12O3S/c1-12(13-8-4-2-5-9-13)17-18(15,16)14-10-6-3-7-11-14/h2-11H,1H2. The second kappa shape index (κ2) is 5.06. The number of hydrogen-bond donors (Lipinski definition) is 0. The highest BCUT2D eigenvalue weighted by Gasteiger charge is 2.17. The molecule has 4 heteroatoms. The van der Waals surface area contributed by atoms with Gasteiger partial charge in [0, 0.05) is 5.56 Å². The zero-order chi connectivity index (χ0) is 13.0. The molecule has 0 atom stereocenters. The Morgan fingerprint density at radius 2 is 1.39 bits per heavy atom. The molecule has 2 rings (SSSR count). The van der Waals surface area contributed by atoms with Gasteiger partial charge in [0.2, 0.25) is 0 Å². The first kappa shape index (κ1) is 12.4. The van der Waals surface area contributed by atoms with E-state index in [1.807, 2.05) is 6.07 Å². The van der Waals surface area contributed by atoms with Crippen LogP contribution < -0.4 is 0 Å². The summed E-state index contributed by atoms with van der Waals surface area (Å²) in [5, 5.41) is 0. The van der Waals surface area contributed by atoms with Crippen LogP contribution in [0.2, 0.25) is 0 Å². The van der Waals surface area contributed by atoms with E-state index in [9.17, 15) is 8.42 Å². The molecule has 0 amide bonds. The Labute approximate surface area is 106 Å². The normalized spacial score (nSPS) is 10.9. The van der Waals surface area contributed by atoms with Crippen molar-refractivity contribution < 1.29 is 12.6 Å². The largest absolute Gasteiger partial charge is 0.379 e. The molecular formula is C14H12O3S. The Morgan fingerprint density at radius 3 is 1.94 bits per heavy atom. The van der Waals surface area contributed by atoms with Crippen molar-refractivity contribution in [2.75, 3.05) is 0 Å². The lowest BCUT2D eigenvalue weighted by molar-refractivity contribution is 0.464. The average Bonchev–Trinajstić information content (AvgIpc) is 2.40. The summed E-state index contributed by atoms with van der Waals surface area (Å²) in [6, 6.07) is 16.9. The molecule has 3 nitrogen and oxygen atoms in total. The molecule has 0 aliphatic rings. The molecule has 92 valence electrons. The van der Waals surface area contributed by atoms with E-state index in [1.165, 1.54) is 12.1 Å². The van der Waals surface area contributed by atoms with Crippen molar-refractivity contribution in [3.63, 3.8) is 0 Å². The predicted octanol–water partition coefficient (Wildman–Crippen LogP) is 3.06. The minimum absolute atomic E-state index is 0.111. The van der Waals surface area contributed by atoms with Crippen LogP contribution in [0.4, 0.5) is 0 Å². The first-order valence-electron chi connectivity index (χ1n) is 5.33. The van der Waals surface area contributed by atoms with Crippen LogP contribution in [0.15, 0.2) is 72.1 Å². The highest BCUT2D eigenvalue weighted by atomic mass is 32.2. The van der Waals surface area contributed by atoms with Gasteiger partial charge in [-0.1, -0.05) is 55.1 Å². The monoisotopic (exact) mass is 260 g/mol. The topological polar surface area (TPSA) is 43.4 Å². The maximum absolute atomic E-state index is 11.9. The second-order valence-corrected chi connectivity index (χ2v) is 5.19. The summed E-state index contributed by atoms with van der Waals surface area (Å²) in [7, 11) is -3.81. The fraction of sp³-hybridized carbons (Fsp3) is 0. The van der Waals surface area contributed by atoms with Crippen LogP contribution in [0.5, 0.6) is 0 Å². The summed E-state index contributed by atoms with van der Waals surface area (Å²) < 4.78 is 28.9. The van der Waals surface area contributed by atoms with Crippen molar-refractivity contribution in [1.82, 2.24) is 0 Å². The van der Waals surface area contributed by atoms with E-state index >= 15 is 0 Å². The SMILES string of the molecule is C=C(OS(=O)(=O)c1ccccc1)c1ccccc1. The minimum atomic E-state index is -3.81. The molecule has 0 saturated carbocycles. The van der Waals surface area contributed by atoms with Gasteiger partial charge in [-0.2, -0.15) is 8.42 Å². The molecule has 0 aliphatic carbocycles. The molecule has 0 saturated heterocycles. The third-order valence-corrected chi connectivity index (χ3v) is 3.61. The highest BCUT2D eigenvalue weighted by Crippen LogP contribution is 2.20. The van der Waals surface area contributed by atoms with Crippen molar-refractivity contribution in [3.05, 3.63) is 72.8 Å². The van der Waals surface area contributed by atoms with Crippen molar-refractivity contribution >= 4 is 15.9 Å². The lowest BCUT2D eigenvalue weighted by atomic mass is 10.2. The van der Waals surface area contributed by atoms with E-state index in [2.05, 4.69) is 6.58 Å². The van der Waals surface area contributed by atoms with E-state index in [1.54, 1.807) is 42.5 Å². The van der Waals surface area contributed by atoms with Crippen LogP contribution in [0, 0.1) is 0 Å². The molecular weight excluding hydrogens is 248 g/mol. The van der Waals surface area contributed by atoms with Crippen LogP contribution in [-0.4, -0.2) is 8.42 Å². The van der Waals surface area contributed by atoms with Gasteiger partial charge in [0.15, 0.2) is 0 Å². The van der Waals surface area contributed by atoms with Crippen molar-refractivity contribution in [2.45, 2.75) is 4.90 Å².